The number of nitrogens with one attached hydrogen (secondary N) is 1. The Kier molecular flexibility index (Phi) is 13.3. The molecule has 4 aliphatic rings. The number of amides is 1. The molecule has 0 unspecified atom stereocenters. The second kappa shape index (κ2) is 17.6. The maximum Gasteiger partial charge on any atom is 0.264 e. The molecule has 2 aromatic carbocycles. The Balaban J connectivity index is 1.40. The standard InChI is InChI=1S/C40H56ClFN4O7S/c1-27-8-12-34(42)38(36(47)24-44(18-20-52-4)16-6-19-51-3)46-17-14-32(46)23-45-25-40(15-5-7-29-21-31(41)10-11-33(29)40)26-53-37-13-9-30(22-35(37)45)39(48)43-54(49,50)28(27)2/h9-13,21-22,27-28,32,36,38,47H,5-8,14-20,23-26H2,1-4H3,(H,43,48)/b34-12-/t27-,28+,32-,36-,38+,40-/m0/s1. The summed E-state index contributed by atoms with van der Waals surface area (Å²) in [6, 6.07) is 10.1. The first-order valence-corrected chi connectivity index (χ1v) is 21.1. The Morgan fingerprint density at radius 1 is 1.15 bits per heavy atom. The van der Waals surface area contributed by atoms with E-state index in [0.717, 1.165) is 32.1 Å². The summed E-state index contributed by atoms with van der Waals surface area (Å²) < 4.78 is 63.3. The van der Waals surface area contributed by atoms with Gasteiger partial charge in [0.25, 0.3) is 5.91 Å². The molecule has 1 fully saturated rings. The van der Waals surface area contributed by atoms with Crippen LogP contribution in [-0.2, 0) is 31.3 Å². The number of carbonyl (C=O) groups is 1. The van der Waals surface area contributed by atoms with Crippen LogP contribution in [0.1, 0.15) is 67.4 Å². The number of allylic oxidation sites excluding steroid dienone is 1. The normalized spacial score (nSPS) is 28.9. The molecule has 14 heteroatoms. The zero-order chi connectivity index (χ0) is 38.6. The minimum absolute atomic E-state index is 0.110. The minimum atomic E-state index is -4.12. The maximum absolute atomic E-state index is 16.7. The first kappa shape index (κ1) is 40.9. The molecule has 11 nitrogen and oxygen atoms in total. The molecular weight excluding hydrogens is 735 g/mol. The highest BCUT2D eigenvalue weighted by atomic mass is 35.5. The number of rotatable bonds is 10. The van der Waals surface area contributed by atoms with Crippen molar-refractivity contribution in [1.82, 2.24) is 14.5 Å². The van der Waals surface area contributed by atoms with Gasteiger partial charge in [-0.1, -0.05) is 30.7 Å². The number of benzene rings is 2. The van der Waals surface area contributed by atoms with Gasteiger partial charge in [-0.15, -0.1) is 0 Å². The van der Waals surface area contributed by atoms with Crippen molar-refractivity contribution in [2.45, 2.75) is 81.2 Å². The van der Waals surface area contributed by atoms with Gasteiger partial charge in [0.15, 0.2) is 0 Å². The fourth-order valence-corrected chi connectivity index (χ4v) is 10.1. The second-order valence-electron chi connectivity index (χ2n) is 15.6. The van der Waals surface area contributed by atoms with Crippen molar-refractivity contribution in [2.24, 2.45) is 5.92 Å². The van der Waals surface area contributed by atoms with Gasteiger partial charge in [-0.2, -0.15) is 0 Å². The number of carbonyl (C=O) groups excluding carboxylic acids is 1. The highest BCUT2D eigenvalue weighted by Gasteiger charge is 2.46. The number of anilines is 1. The number of nitrogens with zero attached hydrogens (tertiary/aromatic N) is 3. The molecule has 1 amide bonds. The van der Waals surface area contributed by atoms with Crippen LogP contribution in [0.15, 0.2) is 48.3 Å². The summed E-state index contributed by atoms with van der Waals surface area (Å²) in [5.41, 5.74) is 2.87. The van der Waals surface area contributed by atoms with Crippen LogP contribution in [0.2, 0.25) is 5.02 Å². The molecule has 54 heavy (non-hydrogen) atoms. The average Bonchev–Trinajstić information content (AvgIpc) is 3.28. The third kappa shape index (κ3) is 8.93. The van der Waals surface area contributed by atoms with E-state index in [2.05, 4.69) is 25.5 Å². The Morgan fingerprint density at radius 2 is 1.94 bits per heavy atom. The van der Waals surface area contributed by atoms with E-state index in [0.29, 0.717) is 69.0 Å². The lowest BCUT2D eigenvalue weighted by atomic mass is 9.70. The topological polar surface area (TPSA) is 121 Å². The van der Waals surface area contributed by atoms with Crippen molar-refractivity contribution >= 4 is 33.2 Å². The number of aliphatic hydroxyl groups is 1. The zero-order valence-corrected chi connectivity index (χ0v) is 33.5. The molecule has 3 heterocycles. The summed E-state index contributed by atoms with van der Waals surface area (Å²) in [5.74, 6) is -1.14. The van der Waals surface area contributed by atoms with Crippen LogP contribution in [0, 0.1) is 5.92 Å². The van der Waals surface area contributed by atoms with E-state index in [4.69, 9.17) is 25.8 Å². The summed E-state index contributed by atoms with van der Waals surface area (Å²) in [5, 5.41) is 11.6. The molecule has 2 aromatic rings. The van der Waals surface area contributed by atoms with Crippen molar-refractivity contribution in [2.75, 3.05) is 78.2 Å². The molecule has 0 aromatic heterocycles. The molecular formula is C40H56ClFN4O7S. The van der Waals surface area contributed by atoms with Gasteiger partial charge in [0.05, 0.1) is 36.3 Å². The number of aryl methyl sites for hydroxylation is 1. The number of aliphatic hydroxyl groups excluding tert-OH is 1. The van der Waals surface area contributed by atoms with Crippen molar-refractivity contribution in [3.05, 3.63) is 70.0 Å². The van der Waals surface area contributed by atoms with Crippen molar-refractivity contribution in [3.63, 3.8) is 0 Å². The van der Waals surface area contributed by atoms with Gasteiger partial charge in [0.1, 0.15) is 11.6 Å². The summed E-state index contributed by atoms with van der Waals surface area (Å²) >= 11 is 6.46. The van der Waals surface area contributed by atoms with Crippen molar-refractivity contribution < 1.29 is 36.9 Å². The molecule has 0 radical (unpaired) electrons. The Hall–Kier alpha value is -2.78. The molecule has 2 bridgehead atoms. The molecule has 2 N–H and O–H groups in total. The van der Waals surface area contributed by atoms with E-state index in [-0.39, 0.29) is 24.6 Å². The van der Waals surface area contributed by atoms with Gasteiger partial charge >= 0.3 is 0 Å². The fourth-order valence-electron chi connectivity index (χ4n) is 8.61. The highest BCUT2D eigenvalue weighted by Crippen LogP contribution is 2.45. The number of fused-ring (bicyclic) bond motifs is 4. The van der Waals surface area contributed by atoms with Crippen LogP contribution in [0.25, 0.3) is 0 Å². The molecule has 298 valence electrons. The summed E-state index contributed by atoms with van der Waals surface area (Å²) in [4.78, 5) is 19.9. The highest BCUT2D eigenvalue weighted by molar-refractivity contribution is 7.90. The first-order valence-electron chi connectivity index (χ1n) is 19.2. The predicted molar refractivity (Wildman–Crippen MR) is 209 cm³/mol. The number of hydrogen-bond acceptors (Lipinski definition) is 10. The van der Waals surface area contributed by atoms with Crippen LogP contribution >= 0.6 is 11.6 Å². The molecule has 1 saturated heterocycles. The van der Waals surface area contributed by atoms with E-state index in [1.807, 2.05) is 12.1 Å². The molecule has 3 aliphatic heterocycles. The second-order valence-corrected chi connectivity index (χ2v) is 18.1. The van der Waals surface area contributed by atoms with Gasteiger partial charge in [-0.05, 0) is 92.8 Å². The van der Waals surface area contributed by atoms with Crippen molar-refractivity contribution in [3.8, 4) is 5.75 Å². The number of halogens is 2. The van der Waals surface area contributed by atoms with E-state index < -0.39 is 50.5 Å². The van der Waals surface area contributed by atoms with Gasteiger partial charge in [-0.3, -0.25) is 14.6 Å². The van der Waals surface area contributed by atoms with Crippen LogP contribution in [-0.4, -0.2) is 126 Å². The van der Waals surface area contributed by atoms with E-state index >= 15 is 4.39 Å². The summed E-state index contributed by atoms with van der Waals surface area (Å²) in [6.07, 6.45) is 4.73. The molecule has 6 atom stereocenters. The van der Waals surface area contributed by atoms with Gasteiger partial charge in [0, 0.05) is 82.1 Å². The number of ether oxygens (including phenoxy) is 3. The quantitative estimate of drug-likeness (QED) is 0.321. The Morgan fingerprint density at radius 3 is 2.69 bits per heavy atom. The molecule has 1 spiro atoms. The van der Waals surface area contributed by atoms with Crippen LogP contribution in [0.5, 0.6) is 5.75 Å². The monoisotopic (exact) mass is 790 g/mol. The van der Waals surface area contributed by atoms with Gasteiger partial charge in [-0.25, -0.2) is 17.5 Å². The summed E-state index contributed by atoms with van der Waals surface area (Å²) in [6.45, 7) is 7.76. The van der Waals surface area contributed by atoms with E-state index in [1.165, 1.54) is 24.1 Å². The fraction of sp³-hybridized carbons (Fsp3) is 0.625. The summed E-state index contributed by atoms with van der Waals surface area (Å²) in [7, 11) is -0.841. The van der Waals surface area contributed by atoms with E-state index in [1.54, 1.807) is 39.3 Å². The third-order valence-corrected chi connectivity index (χ3v) is 14.2. The zero-order valence-electron chi connectivity index (χ0n) is 31.9. The average molecular weight is 791 g/mol. The Bertz CT molecular complexity index is 1780. The molecule has 6 rings (SSSR count). The van der Waals surface area contributed by atoms with Crippen LogP contribution in [0.3, 0.4) is 0 Å². The lowest BCUT2D eigenvalue weighted by Crippen LogP contribution is -2.62. The first-order chi connectivity index (χ1) is 25.9. The number of sulfonamides is 1. The van der Waals surface area contributed by atoms with Crippen LogP contribution < -0.4 is 14.4 Å². The van der Waals surface area contributed by atoms with E-state index in [9.17, 15) is 18.3 Å². The lowest BCUT2D eigenvalue weighted by molar-refractivity contribution is -0.0302. The number of methoxy groups -OCH3 is 2. The molecule has 0 saturated carbocycles. The lowest BCUT2D eigenvalue weighted by Gasteiger charge is -2.50. The largest absolute Gasteiger partial charge is 0.490 e. The Labute approximate surface area is 324 Å². The maximum atomic E-state index is 16.7. The molecule has 1 aliphatic carbocycles. The SMILES string of the molecule is COCCCN(CCOC)C[C@H](O)[C@H]1/C(F)=C/C[C@H](C)[C@@H](C)S(=O)(=O)NC(=O)c2ccc3c(c2)N(C[C@@H]2CCN21)C[C@@]1(CCCc2cc(Cl)ccc21)CO3. The smallest absolute Gasteiger partial charge is 0.264 e. The minimum Gasteiger partial charge on any atom is -0.490 e. The van der Waals surface area contributed by atoms with Gasteiger partial charge < -0.3 is 24.2 Å². The van der Waals surface area contributed by atoms with Crippen LogP contribution in [0.4, 0.5) is 10.1 Å². The van der Waals surface area contributed by atoms with Gasteiger partial charge in [0.2, 0.25) is 10.0 Å². The van der Waals surface area contributed by atoms with Crippen molar-refractivity contribution in [1.29, 1.82) is 0 Å². The number of hydrogen-bond donors (Lipinski definition) is 2. The third-order valence-electron chi connectivity index (χ3n) is 12.0. The predicted octanol–water partition coefficient (Wildman–Crippen LogP) is 4.94.